The maximum atomic E-state index is 13.0. The monoisotopic (exact) mass is 427 g/mol. The van der Waals surface area contributed by atoms with Crippen LogP contribution in [0.3, 0.4) is 0 Å². The molecule has 0 saturated heterocycles. The van der Waals surface area contributed by atoms with Crippen molar-refractivity contribution >= 4 is 33.0 Å². The number of carbonyl (C=O) groups is 2. The van der Waals surface area contributed by atoms with Crippen molar-refractivity contribution in [3.63, 3.8) is 0 Å². The molecule has 0 aliphatic heterocycles. The molecule has 0 saturated carbocycles. The zero-order valence-corrected chi connectivity index (χ0v) is 18.0. The van der Waals surface area contributed by atoms with Crippen molar-refractivity contribution in [2.45, 2.75) is 26.2 Å². The summed E-state index contributed by atoms with van der Waals surface area (Å²) >= 11 is 0. The highest BCUT2D eigenvalue weighted by Gasteiger charge is 2.39. The van der Waals surface area contributed by atoms with Gasteiger partial charge in [-0.15, -0.1) is 0 Å². The normalized spacial score (nSPS) is 19.2. The fourth-order valence-electron chi connectivity index (χ4n) is 3.71. The zero-order valence-electron chi connectivity index (χ0n) is 17.2. The van der Waals surface area contributed by atoms with Gasteiger partial charge in [0.05, 0.1) is 12.9 Å². The molecule has 2 atom stereocenters. The molecule has 1 N–H and O–H groups in total. The highest BCUT2D eigenvalue weighted by Crippen LogP contribution is 2.40. The predicted octanol–water partition coefficient (Wildman–Crippen LogP) is 3.69. The lowest BCUT2D eigenvalue weighted by molar-refractivity contribution is -0.151. The lowest BCUT2D eigenvalue weighted by Crippen LogP contribution is -2.34. The molecule has 2 aromatic carbocycles. The predicted molar refractivity (Wildman–Crippen MR) is 117 cm³/mol. The van der Waals surface area contributed by atoms with Crippen LogP contribution in [-0.2, 0) is 24.3 Å². The van der Waals surface area contributed by atoms with E-state index in [1.165, 1.54) is 6.08 Å². The van der Waals surface area contributed by atoms with Crippen LogP contribution in [0.5, 0.6) is 0 Å². The van der Waals surface area contributed by atoms with Gasteiger partial charge in [-0.1, -0.05) is 42.0 Å². The largest absolute Gasteiger partial charge is 0.465 e. The van der Waals surface area contributed by atoms with Crippen LogP contribution in [0.1, 0.15) is 36.0 Å². The first-order valence-electron chi connectivity index (χ1n) is 9.74. The third kappa shape index (κ3) is 5.16. The Balaban J connectivity index is 2.00. The molecule has 158 valence electrons. The van der Waals surface area contributed by atoms with Crippen LogP contribution < -0.4 is 4.72 Å². The van der Waals surface area contributed by atoms with Crippen molar-refractivity contribution < 1.29 is 22.7 Å². The fourth-order valence-corrected chi connectivity index (χ4v) is 4.26. The molecular weight excluding hydrogens is 402 g/mol. The topological polar surface area (TPSA) is 89.5 Å². The number of ketones is 1. The molecule has 7 heteroatoms. The summed E-state index contributed by atoms with van der Waals surface area (Å²) in [5, 5.41) is 0. The quantitative estimate of drug-likeness (QED) is 0.561. The minimum atomic E-state index is -3.42. The molecule has 2 aromatic rings. The summed E-state index contributed by atoms with van der Waals surface area (Å²) in [6.07, 6.45) is 3.02. The van der Waals surface area contributed by atoms with Crippen LogP contribution in [0.4, 0.5) is 5.69 Å². The SMILES string of the molecule is CCOC(=O)[C@@H]1C(=O)C=C(c2cccc(NS(C)(=O)=O)c2)C[C@@H]1c1ccc(C)cc1. The molecule has 0 aromatic heterocycles. The van der Waals surface area contributed by atoms with E-state index in [0.717, 1.165) is 28.5 Å². The molecule has 0 unspecified atom stereocenters. The second-order valence-electron chi connectivity index (χ2n) is 7.48. The smallest absolute Gasteiger partial charge is 0.317 e. The molecular formula is C23H25NO5S. The Bertz CT molecular complexity index is 1090. The number of rotatable bonds is 6. The number of benzene rings is 2. The average Bonchev–Trinajstić information content (AvgIpc) is 2.67. The van der Waals surface area contributed by atoms with Gasteiger partial charge in [-0.2, -0.15) is 0 Å². The van der Waals surface area contributed by atoms with E-state index < -0.39 is 21.9 Å². The Labute approximate surface area is 177 Å². The molecule has 0 heterocycles. The van der Waals surface area contributed by atoms with Gasteiger partial charge in [-0.05, 0) is 55.2 Å². The second kappa shape index (κ2) is 8.83. The van der Waals surface area contributed by atoms with Gasteiger partial charge in [0.15, 0.2) is 5.78 Å². The third-order valence-electron chi connectivity index (χ3n) is 5.05. The van der Waals surface area contributed by atoms with E-state index in [0.29, 0.717) is 12.1 Å². The van der Waals surface area contributed by atoms with Gasteiger partial charge in [0.25, 0.3) is 0 Å². The minimum absolute atomic E-state index is 0.207. The van der Waals surface area contributed by atoms with Gasteiger partial charge >= 0.3 is 5.97 Å². The fraction of sp³-hybridized carbons (Fsp3) is 0.304. The number of hydrogen-bond donors (Lipinski definition) is 1. The van der Waals surface area contributed by atoms with Crippen LogP contribution in [0.15, 0.2) is 54.6 Å². The maximum absolute atomic E-state index is 13.0. The number of ether oxygens (including phenoxy) is 1. The van der Waals surface area contributed by atoms with Crippen molar-refractivity contribution in [3.05, 3.63) is 71.3 Å². The molecule has 3 rings (SSSR count). The van der Waals surface area contributed by atoms with E-state index in [9.17, 15) is 18.0 Å². The number of anilines is 1. The maximum Gasteiger partial charge on any atom is 0.317 e. The van der Waals surface area contributed by atoms with Gasteiger partial charge in [0.2, 0.25) is 10.0 Å². The molecule has 0 fully saturated rings. The zero-order chi connectivity index (χ0) is 21.9. The van der Waals surface area contributed by atoms with Crippen molar-refractivity contribution in [2.24, 2.45) is 5.92 Å². The summed E-state index contributed by atoms with van der Waals surface area (Å²) in [5.74, 6) is -2.07. The van der Waals surface area contributed by atoms with Crippen LogP contribution in [0, 0.1) is 12.8 Å². The number of carbonyl (C=O) groups excluding carboxylic acids is 2. The van der Waals surface area contributed by atoms with E-state index >= 15 is 0 Å². The first-order chi connectivity index (χ1) is 14.2. The van der Waals surface area contributed by atoms with Gasteiger partial charge in [0, 0.05) is 11.6 Å². The van der Waals surface area contributed by atoms with E-state index in [4.69, 9.17) is 4.74 Å². The van der Waals surface area contributed by atoms with E-state index in [2.05, 4.69) is 4.72 Å². The molecule has 0 amide bonds. The third-order valence-corrected chi connectivity index (χ3v) is 5.65. The van der Waals surface area contributed by atoms with Gasteiger partial charge in [0.1, 0.15) is 5.92 Å². The molecule has 0 radical (unpaired) electrons. The number of allylic oxidation sites excluding steroid dienone is 2. The highest BCUT2D eigenvalue weighted by molar-refractivity contribution is 7.92. The summed E-state index contributed by atoms with van der Waals surface area (Å²) in [6, 6.07) is 14.7. The Morgan fingerprint density at radius 2 is 1.87 bits per heavy atom. The second-order valence-corrected chi connectivity index (χ2v) is 9.23. The Morgan fingerprint density at radius 3 is 2.50 bits per heavy atom. The van der Waals surface area contributed by atoms with Crippen LogP contribution in [0.2, 0.25) is 0 Å². The summed E-state index contributed by atoms with van der Waals surface area (Å²) in [6.45, 7) is 3.90. The Kier molecular flexibility index (Phi) is 6.41. The summed E-state index contributed by atoms with van der Waals surface area (Å²) < 4.78 is 30.7. The number of hydrogen-bond acceptors (Lipinski definition) is 5. The molecule has 0 spiro atoms. The molecule has 1 aliphatic rings. The van der Waals surface area contributed by atoms with Gasteiger partial charge in [-0.25, -0.2) is 8.42 Å². The molecule has 30 heavy (non-hydrogen) atoms. The van der Waals surface area contributed by atoms with Crippen molar-refractivity contribution in [1.82, 2.24) is 0 Å². The summed E-state index contributed by atoms with van der Waals surface area (Å²) in [4.78, 5) is 25.5. The van der Waals surface area contributed by atoms with Gasteiger partial charge in [-0.3, -0.25) is 14.3 Å². The Morgan fingerprint density at radius 1 is 1.17 bits per heavy atom. The lowest BCUT2D eigenvalue weighted by Gasteiger charge is -2.29. The first kappa shape index (κ1) is 21.8. The van der Waals surface area contributed by atoms with Crippen LogP contribution in [0.25, 0.3) is 5.57 Å². The number of esters is 1. The molecule has 6 nitrogen and oxygen atoms in total. The number of nitrogens with one attached hydrogen (secondary N) is 1. The summed E-state index contributed by atoms with van der Waals surface area (Å²) in [5.41, 5.74) is 3.88. The van der Waals surface area contributed by atoms with Crippen LogP contribution >= 0.6 is 0 Å². The highest BCUT2D eigenvalue weighted by atomic mass is 32.2. The van der Waals surface area contributed by atoms with E-state index in [1.807, 2.05) is 37.3 Å². The number of aryl methyl sites for hydroxylation is 1. The van der Waals surface area contributed by atoms with E-state index in [-0.39, 0.29) is 18.3 Å². The van der Waals surface area contributed by atoms with Crippen molar-refractivity contribution in [3.8, 4) is 0 Å². The van der Waals surface area contributed by atoms with Crippen LogP contribution in [-0.4, -0.2) is 33.0 Å². The van der Waals surface area contributed by atoms with Crippen molar-refractivity contribution in [1.29, 1.82) is 0 Å². The lowest BCUT2D eigenvalue weighted by atomic mass is 9.73. The average molecular weight is 428 g/mol. The van der Waals surface area contributed by atoms with Gasteiger partial charge < -0.3 is 4.74 Å². The number of sulfonamides is 1. The summed E-state index contributed by atoms with van der Waals surface area (Å²) in [7, 11) is -3.42. The Hall–Kier alpha value is -2.93. The first-order valence-corrected chi connectivity index (χ1v) is 11.6. The molecule has 0 bridgehead atoms. The minimum Gasteiger partial charge on any atom is -0.465 e. The standard InChI is InChI=1S/C23H25NO5S/c1-4-29-23(26)22-20(16-10-8-15(2)9-11-16)13-18(14-21(22)25)17-6-5-7-19(12-17)24-30(3,27)28/h5-12,14,20,22,24H,4,13H2,1-3H3/t20-,22+/m1/s1. The van der Waals surface area contributed by atoms with Crippen molar-refractivity contribution in [2.75, 3.05) is 17.6 Å². The van der Waals surface area contributed by atoms with E-state index in [1.54, 1.807) is 25.1 Å². The molecule has 1 aliphatic carbocycles.